The van der Waals surface area contributed by atoms with Crippen LogP contribution in [0.2, 0.25) is 10.0 Å². The molecule has 0 bridgehead atoms. The normalized spacial score (nSPS) is 18.0. The number of ketones is 1. The fourth-order valence-electron chi connectivity index (χ4n) is 4.04. The Labute approximate surface area is 215 Å². The van der Waals surface area contributed by atoms with E-state index in [4.69, 9.17) is 27.9 Å². The van der Waals surface area contributed by atoms with Crippen LogP contribution in [-0.4, -0.2) is 62.6 Å². The number of carboxylic acid groups (broad SMARTS) is 1. The number of ether oxygens (including phenoxy) is 1. The van der Waals surface area contributed by atoms with Gasteiger partial charge in [0.15, 0.2) is 10.9 Å². The fourth-order valence-corrected chi connectivity index (χ4v) is 5.43. The average Bonchev–Trinajstić information content (AvgIpc) is 3.42. The Morgan fingerprint density at radius 1 is 1.37 bits per heavy atom. The van der Waals surface area contributed by atoms with Gasteiger partial charge in [-0.1, -0.05) is 40.6 Å². The zero-order valence-corrected chi connectivity index (χ0v) is 21.2. The maximum atomic E-state index is 13.0. The maximum Gasteiger partial charge on any atom is 0.348 e. The van der Waals surface area contributed by atoms with E-state index < -0.39 is 5.97 Å². The van der Waals surface area contributed by atoms with E-state index in [1.165, 1.54) is 18.6 Å². The number of nitrogens with one attached hydrogen (secondary N) is 1. The number of H-pyrrole nitrogens is 1. The number of aromatic carboxylic acids is 1. The molecule has 12 heteroatoms. The summed E-state index contributed by atoms with van der Waals surface area (Å²) in [7, 11) is 0. The van der Waals surface area contributed by atoms with Crippen molar-refractivity contribution in [1.82, 2.24) is 19.9 Å². The van der Waals surface area contributed by atoms with E-state index in [1.54, 1.807) is 13.0 Å². The van der Waals surface area contributed by atoms with Crippen LogP contribution in [0.3, 0.4) is 0 Å². The highest BCUT2D eigenvalue weighted by Crippen LogP contribution is 2.36. The van der Waals surface area contributed by atoms with Gasteiger partial charge in [-0.15, -0.1) is 6.58 Å². The van der Waals surface area contributed by atoms with Gasteiger partial charge in [-0.3, -0.25) is 14.8 Å². The molecule has 0 unspecified atom stereocenters. The minimum absolute atomic E-state index is 0.0736. The lowest BCUT2D eigenvalue weighted by molar-refractivity contribution is 0.0184. The standard InChI is InChI=1S/C23H23Cl2N5O4S/c1-3-8-34-16-11-30(7-4-13(16)9-15(31)20-18(25)17(24)12(2)28-20)23-29-19(21(35-23)22(32)33)14-10-26-5-6-27-14/h3,5-6,10,13,16,28H,1,4,7-9,11H2,2H3,(H,32,33)/t13-,16-/m0/s1. The van der Waals surface area contributed by atoms with Gasteiger partial charge in [0.25, 0.3) is 0 Å². The Hall–Kier alpha value is -2.79. The highest BCUT2D eigenvalue weighted by Gasteiger charge is 2.34. The van der Waals surface area contributed by atoms with Crippen LogP contribution in [0.4, 0.5) is 5.13 Å². The topological polar surface area (TPSA) is 121 Å². The number of anilines is 1. The molecule has 184 valence electrons. The van der Waals surface area contributed by atoms with Crippen molar-refractivity contribution in [2.75, 3.05) is 24.6 Å². The van der Waals surface area contributed by atoms with Crippen molar-refractivity contribution >= 4 is 51.4 Å². The number of hydrogen-bond donors (Lipinski definition) is 2. The zero-order valence-electron chi connectivity index (χ0n) is 18.8. The second kappa shape index (κ2) is 10.9. The summed E-state index contributed by atoms with van der Waals surface area (Å²) in [5.74, 6) is -1.29. The molecule has 9 nitrogen and oxygen atoms in total. The number of carboxylic acids is 1. The number of piperidine rings is 1. The summed E-state index contributed by atoms with van der Waals surface area (Å²) in [6, 6.07) is 0. The first-order valence-electron chi connectivity index (χ1n) is 10.8. The number of hydrogen-bond acceptors (Lipinski definition) is 8. The van der Waals surface area contributed by atoms with E-state index in [-0.39, 0.29) is 39.8 Å². The lowest BCUT2D eigenvalue weighted by Gasteiger charge is -2.38. The minimum Gasteiger partial charge on any atom is -0.477 e. The molecule has 3 aromatic heterocycles. The number of nitrogens with zero attached hydrogens (tertiary/aromatic N) is 4. The maximum absolute atomic E-state index is 13.0. The van der Waals surface area contributed by atoms with Crippen LogP contribution in [0.15, 0.2) is 31.2 Å². The number of carbonyl (C=O) groups excluding carboxylic acids is 1. The first-order chi connectivity index (χ1) is 16.8. The van der Waals surface area contributed by atoms with Gasteiger partial charge in [-0.25, -0.2) is 9.78 Å². The molecule has 1 aliphatic rings. The van der Waals surface area contributed by atoms with Crippen molar-refractivity contribution in [3.05, 3.63) is 57.6 Å². The molecule has 1 aliphatic heterocycles. The Morgan fingerprint density at radius 2 is 2.17 bits per heavy atom. The Balaban J connectivity index is 1.55. The van der Waals surface area contributed by atoms with Gasteiger partial charge in [0.1, 0.15) is 22.0 Å². The Bertz CT molecular complexity index is 1250. The van der Waals surface area contributed by atoms with Crippen LogP contribution in [0.1, 0.15) is 38.7 Å². The van der Waals surface area contributed by atoms with Gasteiger partial charge in [0.05, 0.1) is 29.0 Å². The summed E-state index contributed by atoms with van der Waals surface area (Å²) >= 11 is 13.5. The first kappa shape index (κ1) is 25.3. The van der Waals surface area contributed by atoms with E-state index in [2.05, 4.69) is 26.5 Å². The number of rotatable bonds is 9. The molecule has 0 aromatic carbocycles. The fraction of sp³-hybridized carbons (Fsp3) is 0.348. The number of aromatic amines is 1. The molecular formula is C23H23Cl2N5O4S. The Kier molecular flexibility index (Phi) is 7.85. The summed E-state index contributed by atoms with van der Waals surface area (Å²) in [5.41, 5.74) is 1.62. The number of carbonyl (C=O) groups is 2. The first-order valence-corrected chi connectivity index (χ1v) is 12.4. The highest BCUT2D eigenvalue weighted by atomic mass is 35.5. The van der Waals surface area contributed by atoms with Crippen LogP contribution in [0.25, 0.3) is 11.4 Å². The highest BCUT2D eigenvalue weighted by molar-refractivity contribution is 7.17. The number of halogens is 2. The van der Waals surface area contributed by atoms with Gasteiger partial charge >= 0.3 is 5.97 Å². The molecule has 0 radical (unpaired) electrons. The summed E-state index contributed by atoms with van der Waals surface area (Å²) in [4.78, 5) is 42.7. The van der Waals surface area contributed by atoms with Crippen LogP contribution >= 0.6 is 34.5 Å². The van der Waals surface area contributed by atoms with Crippen LogP contribution in [0, 0.1) is 12.8 Å². The number of thiazole rings is 1. The van der Waals surface area contributed by atoms with Crippen LogP contribution in [-0.2, 0) is 4.74 Å². The molecule has 1 saturated heterocycles. The monoisotopic (exact) mass is 535 g/mol. The second-order valence-corrected chi connectivity index (χ2v) is 9.84. The minimum atomic E-state index is -1.08. The molecular weight excluding hydrogens is 513 g/mol. The summed E-state index contributed by atoms with van der Waals surface area (Å²) < 4.78 is 6.02. The predicted molar refractivity (Wildman–Crippen MR) is 135 cm³/mol. The van der Waals surface area contributed by atoms with Crippen molar-refractivity contribution in [2.24, 2.45) is 5.92 Å². The number of Topliss-reactive ketones (excluding diaryl/α,β-unsaturated/α-hetero) is 1. The van der Waals surface area contributed by atoms with Gasteiger partial charge in [0.2, 0.25) is 0 Å². The Morgan fingerprint density at radius 3 is 2.80 bits per heavy atom. The van der Waals surface area contributed by atoms with Crippen LogP contribution < -0.4 is 4.90 Å². The van der Waals surface area contributed by atoms with Crippen LogP contribution in [0.5, 0.6) is 0 Å². The quantitative estimate of drug-likeness (QED) is 0.292. The zero-order chi connectivity index (χ0) is 25.1. The lowest BCUT2D eigenvalue weighted by atomic mass is 9.88. The van der Waals surface area contributed by atoms with Crippen molar-refractivity contribution in [3.8, 4) is 11.4 Å². The van der Waals surface area contributed by atoms with E-state index in [0.717, 1.165) is 11.3 Å². The van der Waals surface area contributed by atoms with Crippen molar-refractivity contribution in [2.45, 2.75) is 25.9 Å². The van der Waals surface area contributed by atoms with Gasteiger partial charge in [0, 0.05) is 37.6 Å². The van der Waals surface area contributed by atoms with E-state index in [1.807, 2.05) is 4.90 Å². The van der Waals surface area contributed by atoms with Crippen molar-refractivity contribution in [3.63, 3.8) is 0 Å². The number of aryl methyl sites for hydroxylation is 1. The predicted octanol–water partition coefficient (Wildman–Crippen LogP) is 4.91. The summed E-state index contributed by atoms with van der Waals surface area (Å²) in [6.45, 7) is 6.82. The molecule has 1 fully saturated rings. The van der Waals surface area contributed by atoms with Crippen molar-refractivity contribution in [1.29, 1.82) is 0 Å². The average molecular weight is 536 g/mol. The smallest absolute Gasteiger partial charge is 0.348 e. The second-order valence-electron chi connectivity index (χ2n) is 8.11. The van der Waals surface area contributed by atoms with E-state index in [0.29, 0.717) is 53.4 Å². The summed E-state index contributed by atoms with van der Waals surface area (Å²) in [6.07, 6.45) is 6.72. The molecule has 2 N–H and O–H groups in total. The third-order valence-electron chi connectivity index (χ3n) is 5.79. The van der Waals surface area contributed by atoms with Gasteiger partial charge in [-0.05, 0) is 19.3 Å². The van der Waals surface area contributed by atoms with Gasteiger partial charge in [-0.2, -0.15) is 0 Å². The van der Waals surface area contributed by atoms with Crippen molar-refractivity contribution < 1.29 is 19.4 Å². The van der Waals surface area contributed by atoms with E-state index in [9.17, 15) is 14.7 Å². The molecule has 0 amide bonds. The lowest BCUT2D eigenvalue weighted by Crippen LogP contribution is -2.46. The molecule has 3 aromatic rings. The third kappa shape index (κ3) is 5.40. The molecule has 4 heterocycles. The molecule has 0 spiro atoms. The molecule has 4 rings (SSSR count). The molecule has 35 heavy (non-hydrogen) atoms. The third-order valence-corrected chi connectivity index (χ3v) is 7.84. The van der Waals surface area contributed by atoms with E-state index >= 15 is 0 Å². The number of aromatic nitrogens is 4. The SMILES string of the molecule is C=CCO[C@H]1CN(c2nc(-c3cnccn3)c(C(=O)O)s2)CC[C@H]1CC(=O)c1[nH]c(C)c(Cl)c1Cl. The largest absolute Gasteiger partial charge is 0.477 e. The molecule has 0 saturated carbocycles. The van der Waals surface area contributed by atoms with Gasteiger partial charge < -0.3 is 19.7 Å². The molecule has 2 atom stereocenters. The summed E-state index contributed by atoms with van der Waals surface area (Å²) in [5, 5.41) is 10.8. The molecule has 0 aliphatic carbocycles.